The highest BCUT2D eigenvalue weighted by Crippen LogP contribution is 2.68. The predicted octanol–water partition coefficient (Wildman–Crippen LogP) is 6.98. The highest BCUT2D eigenvalue weighted by atomic mass is 31.1. The third-order valence-electron chi connectivity index (χ3n) is 5.29. The normalized spacial score (nSPS) is 40.5. The van der Waals surface area contributed by atoms with Gasteiger partial charge in [-0.25, -0.2) is 0 Å². The molecule has 2 saturated heterocycles. The van der Waals surface area contributed by atoms with Gasteiger partial charge in [0.1, 0.15) is 0 Å². The molecule has 2 unspecified atom stereocenters. The van der Waals surface area contributed by atoms with Gasteiger partial charge in [0.05, 0.1) is 0 Å². The molecule has 0 N–H and O–H groups in total. The van der Waals surface area contributed by atoms with Gasteiger partial charge in [-0.15, -0.1) is 0 Å². The Hall–Kier alpha value is 0.600. The highest BCUT2D eigenvalue weighted by molar-refractivity contribution is 7.67. The summed E-state index contributed by atoms with van der Waals surface area (Å²) in [6.45, 7) is 17.4. The third kappa shape index (κ3) is 3.50. The molecule has 0 nitrogen and oxygen atoms in total. The van der Waals surface area contributed by atoms with Crippen LogP contribution in [0.5, 0.6) is 0 Å². The number of hydrogen-bond donors (Lipinski definition) is 0. The molecule has 20 heavy (non-hydrogen) atoms. The number of hydrogen-bond acceptors (Lipinski definition) is 0. The standard InChI is InChI=1S/C18H34P2/c1-13-8-9-14(2)19(13)12-17(18(5,6)7)20-15(3)10-11-16(20)4/h12-16H,8-11H2,1-7H3/b17-12-/t13-,14-,15-,16?,20?/m1/s1. The highest BCUT2D eigenvalue weighted by Gasteiger charge is 2.38. The minimum atomic E-state index is 0.104. The Morgan fingerprint density at radius 2 is 1.20 bits per heavy atom. The summed E-state index contributed by atoms with van der Waals surface area (Å²) in [5.41, 5.74) is 4.20. The fourth-order valence-corrected chi connectivity index (χ4v) is 11.3. The quantitative estimate of drug-likeness (QED) is 0.482. The molecule has 2 rings (SSSR count). The van der Waals surface area contributed by atoms with E-state index in [1.165, 1.54) is 25.7 Å². The van der Waals surface area contributed by atoms with E-state index in [1.807, 2.05) is 5.31 Å². The summed E-state index contributed by atoms with van der Waals surface area (Å²) in [6.07, 6.45) is 5.85. The molecule has 0 amide bonds. The molecule has 0 spiro atoms. The minimum Gasteiger partial charge on any atom is -0.0771 e. The smallest absolute Gasteiger partial charge is 0.0127 e. The lowest BCUT2D eigenvalue weighted by Gasteiger charge is -2.35. The Bertz CT molecular complexity index is 346. The summed E-state index contributed by atoms with van der Waals surface area (Å²) in [6, 6.07) is 0. The average molecular weight is 312 g/mol. The Morgan fingerprint density at radius 1 is 0.800 bits per heavy atom. The molecule has 0 aromatic carbocycles. The van der Waals surface area contributed by atoms with Gasteiger partial charge in [0.15, 0.2) is 0 Å². The van der Waals surface area contributed by atoms with Crippen molar-refractivity contribution in [1.29, 1.82) is 0 Å². The van der Waals surface area contributed by atoms with Crippen LogP contribution in [0, 0.1) is 5.41 Å². The monoisotopic (exact) mass is 312 g/mol. The van der Waals surface area contributed by atoms with E-state index in [0.717, 1.165) is 22.6 Å². The van der Waals surface area contributed by atoms with Crippen LogP contribution in [0.1, 0.15) is 74.1 Å². The molecule has 2 aliphatic rings. The topological polar surface area (TPSA) is 0 Å². The largest absolute Gasteiger partial charge is 0.0771 e. The van der Waals surface area contributed by atoms with Crippen molar-refractivity contribution in [1.82, 2.24) is 0 Å². The maximum atomic E-state index is 2.84. The van der Waals surface area contributed by atoms with Gasteiger partial charge in [-0.1, -0.05) is 70.1 Å². The summed E-state index contributed by atoms with van der Waals surface area (Å²) < 4.78 is 0. The van der Waals surface area contributed by atoms with Crippen molar-refractivity contribution in [2.75, 3.05) is 0 Å². The lowest BCUT2D eigenvalue weighted by atomic mass is 9.97. The van der Waals surface area contributed by atoms with Gasteiger partial charge < -0.3 is 0 Å². The van der Waals surface area contributed by atoms with Crippen molar-refractivity contribution in [2.24, 2.45) is 5.41 Å². The van der Waals surface area contributed by atoms with Crippen molar-refractivity contribution in [3.8, 4) is 0 Å². The van der Waals surface area contributed by atoms with Crippen molar-refractivity contribution in [2.45, 2.75) is 96.8 Å². The molecule has 0 saturated carbocycles. The molecule has 2 heterocycles. The second-order valence-corrected chi connectivity index (χ2v) is 14.1. The van der Waals surface area contributed by atoms with Crippen molar-refractivity contribution < 1.29 is 0 Å². The number of rotatable bonds is 2. The summed E-state index contributed by atoms with van der Waals surface area (Å²) >= 11 is 0. The van der Waals surface area contributed by atoms with Crippen LogP contribution < -0.4 is 0 Å². The van der Waals surface area contributed by atoms with Crippen LogP contribution in [0.2, 0.25) is 0 Å². The van der Waals surface area contributed by atoms with Crippen LogP contribution in [0.15, 0.2) is 11.1 Å². The summed E-state index contributed by atoms with van der Waals surface area (Å²) in [5, 5.41) is 1.87. The van der Waals surface area contributed by atoms with E-state index < -0.39 is 0 Å². The maximum Gasteiger partial charge on any atom is -0.0127 e. The molecule has 0 aliphatic carbocycles. The van der Waals surface area contributed by atoms with Gasteiger partial charge in [-0.05, 0) is 59.0 Å². The molecule has 0 aromatic rings. The maximum absolute atomic E-state index is 2.84. The van der Waals surface area contributed by atoms with Crippen molar-refractivity contribution >= 4 is 15.8 Å². The third-order valence-corrected chi connectivity index (χ3v) is 12.4. The summed E-state index contributed by atoms with van der Waals surface area (Å²) in [7, 11) is 0.233. The fraction of sp³-hybridized carbons (Fsp3) is 0.889. The van der Waals surface area contributed by atoms with Gasteiger partial charge in [-0.2, -0.15) is 0 Å². The molecule has 0 radical (unpaired) electrons. The average Bonchev–Trinajstić information content (AvgIpc) is 2.81. The zero-order valence-corrected chi connectivity index (χ0v) is 16.4. The van der Waals surface area contributed by atoms with E-state index in [-0.39, 0.29) is 15.8 Å². The van der Waals surface area contributed by atoms with Crippen LogP contribution in [0.25, 0.3) is 0 Å². The molecule has 0 bridgehead atoms. The van der Waals surface area contributed by atoms with Crippen LogP contribution in [0.4, 0.5) is 0 Å². The molecule has 116 valence electrons. The van der Waals surface area contributed by atoms with Gasteiger partial charge >= 0.3 is 0 Å². The van der Waals surface area contributed by atoms with Gasteiger partial charge in [-0.3, -0.25) is 0 Å². The minimum absolute atomic E-state index is 0.104. The molecular formula is C18H34P2. The Morgan fingerprint density at radius 3 is 1.60 bits per heavy atom. The second-order valence-electron chi connectivity index (χ2n) is 8.17. The fourth-order valence-electron chi connectivity index (χ4n) is 3.93. The SMILES string of the molecule is CC1CC[C@@H](C)P1/C(=C\P1[C@H](C)CC[C@H]1C)C(C)(C)C. The van der Waals surface area contributed by atoms with Crippen LogP contribution >= 0.6 is 15.8 Å². The lowest BCUT2D eigenvalue weighted by Crippen LogP contribution is -2.14. The lowest BCUT2D eigenvalue weighted by molar-refractivity contribution is 0.530. The zero-order chi connectivity index (χ0) is 15.1. The Kier molecular flexibility index (Phi) is 5.41. The van der Waals surface area contributed by atoms with Crippen LogP contribution in [-0.2, 0) is 0 Å². The molecular weight excluding hydrogens is 278 g/mol. The first-order valence-corrected chi connectivity index (χ1v) is 11.5. The van der Waals surface area contributed by atoms with Gasteiger partial charge in [0.25, 0.3) is 0 Å². The van der Waals surface area contributed by atoms with Crippen LogP contribution in [-0.4, -0.2) is 22.6 Å². The van der Waals surface area contributed by atoms with Crippen molar-refractivity contribution in [3.63, 3.8) is 0 Å². The van der Waals surface area contributed by atoms with Crippen molar-refractivity contribution in [3.05, 3.63) is 11.1 Å². The number of allylic oxidation sites excluding steroid dienone is 1. The summed E-state index contributed by atoms with van der Waals surface area (Å²) in [5.74, 6) is 2.84. The molecule has 2 aliphatic heterocycles. The van der Waals surface area contributed by atoms with E-state index in [9.17, 15) is 0 Å². The van der Waals surface area contributed by atoms with Crippen LogP contribution in [0.3, 0.4) is 0 Å². The predicted molar refractivity (Wildman–Crippen MR) is 97.7 cm³/mol. The zero-order valence-electron chi connectivity index (χ0n) is 14.6. The Balaban J connectivity index is 2.33. The second kappa shape index (κ2) is 6.38. The van der Waals surface area contributed by atoms with E-state index >= 15 is 0 Å². The first-order valence-electron chi connectivity index (χ1n) is 8.50. The van der Waals surface area contributed by atoms with E-state index in [4.69, 9.17) is 0 Å². The molecule has 0 aromatic heterocycles. The van der Waals surface area contributed by atoms with E-state index in [1.54, 1.807) is 0 Å². The molecule has 2 fully saturated rings. The molecule has 5 atom stereocenters. The Labute approximate surface area is 129 Å². The van der Waals surface area contributed by atoms with E-state index in [2.05, 4.69) is 54.3 Å². The first-order chi connectivity index (χ1) is 9.21. The first kappa shape index (κ1) is 17.0. The molecule has 2 heteroatoms. The van der Waals surface area contributed by atoms with Gasteiger partial charge in [0.2, 0.25) is 0 Å². The van der Waals surface area contributed by atoms with E-state index in [0.29, 0.717) is 5.41 Å². The summed E-state index contributed by atoms with van der Waals surface area (Å²) in [4.78, 5) is 0. The van der Waals surface area contributed by atoms with Gasteiger partial charge in [0, 0.05) is 0 Å².